The molecule has 6 nitrogen and oxygen atoms in total. The summed E-state index contributed by atoms with van der Waals surface area (Å²) >= 11 is 0. The summed E-state index contributed by atoms with van der Waals surface area (Å²) in [5, 5.41) is 2.15. The molecule has 4 aliphatic carbocycles. The van der Waals surface area contributed by atoms with Crippen molar-refractivity contribution in [2.75, 3.05) is 0 Å². The molecule has 56 heavy (non-hydrogen) atoms. The van der Waals surface area contributed by atoms with Crippen molar-refractivity contribution < 1.29 is 0 Å². The Balaban J connectivity index is 0.954. The number of fused-ring (bicyclic) bond motifs is 1. The second kappa shape index (κ2) is 13.4. The lowest BCUT2D eigenvalue weighted by atomic mass is 9.48. The molecule has 4 fully saturated rings. The topological polar surface area (TPSA) is 77.3 Å². The fraction of sp³-hybridized carbons (Fsp3) is 0.200. The first-order valence-corrected chi connectivity index (χ1v) is 19.9. The molecule has 0 spiro atoms. The zero-order chi connectivity index (χ0) is 37.1. The Morgan fingerprint density at radius 3 is 0.982 bits per heavy atom. The van der Waals surface area contributed by atoms with Crippen molar-refractivity contribution in [2.45, 2.75) is 43.9 Å². The normalized spacial score (nSPS) is 21.0. The van der Waals surface area contributed by atoms with Gasteiger partial charge in [-0.15, -0.1) is 0 Å². The summed E-state index contributed by atoms with van der Waals surface area (Å²) in [5.41, 5.74) is 7.61. The van der Waals surface area contributed by atoms with Crippen molar-refractivity contribution in [1.82, 2.24) is 29.9 Å². The van der Waals surface area contributed by atoms with E-state index in [-0.39, 0.29) is 0 Å². The number of hydrogen-bond acceptors (Lipinski definition) is 6. The Labute approximate surface area is 326 Å². The summed E-state index contributed by atoms with van der Waals surface area (Å²) < 4.78 is 0. The van der Waals surface area contributed by atoms with Gasteiger partial charge < -0.3 is 0 Å². The largest absolute Gasteiger partial charge is 0.208 e. The van der Waals surface area contributed by atoms with Gasteiger partial charge in [-0.25, -0.2) is 29.9 Å². The molecule has 0 aliphatic heterocycles. The third-order valence-electron chi connectivity index (χ3n) is 12.5. The van der Waals surface area contributed by atoms with Gasteiger partial charge in [-0.3, -0.25) is 0 Å². The number of aromatic nitrogens is 6. The SMILES string of the molecule is c1ccc(-c2nc(-c3ccccc3)nc(-c3ccc4cc(-c5nc(-c6ccccc6)nc(-c6ccc(C78CC9CC(CC(C9)C7)C8)cc6)n5)ccc4c3)n2)cc1. The Morgan fingerprint density at radius 2 is 0.625 bits per heavy atom. The van der Waals surface area contributed by atoms with Gasteiger partial charge in [-0.1, -0.05) is 140 Å². The van der Waals surface area contributed by atoms with Crippen LogP contribution in [0.4, 0.5) is 0 Å². The van der Waals surface area contributed by atoms with Gasteiger partial charge in [-0.05, 0) is 90.2 Å². The third-order valence-corrected chi connectivity index (χ3v) is 12.5. The predicted molar refractivity (Wildman–Crippen MR) is 223 cm³/mol. The number of benzene rings is 6. The Kier molecular flexibility index (Phi) is 7.90. The van der Waals surface area contributed by atoms with E-state index >= 15 is 0 Å². The Bertz CT molecular complexity index is 2620. The molecule has 270 valence electrons. The van der Waals surface area contributed by atoms with Gasteiger partial charge in [-0.2, -0.15) is 0 Å². The predicted octanol–water partition coefficient (Wildman–Crippen LogP) is 11.7. The molecule has 0 saturated heterocycles. The van der Waals surface area contributed by atoms with E-state index in [1.807, 2.05) is 78.9 Å². The molecular weight excluding hydrogens is 685 g/mol. The van der Waals surface area contributed by atoms with Gasteiger partial charge in [0.05, 0.1) is 0 Å². The molecule has 12 rings (SSSR count). The number of rotatable bonds is 7. The highest BCUT2D eigenvalue weighted by atomic mass is 15.0. The minimum absolute atomic E-state index is 0.357. The molecule has 0 radical (unpaired) electrons. The van der Waals surface area contributed by atoms with Crippen molar-refractivity contribution in [3.8, 4) is 68.3 Å². The van der Waals surface area contributed by atoms with Crippen molar-refractivity contribution >= 4 is 10.8 Å². The minimum Gasteiger partial charge on any atom is -0.208 e. The van der Waals surface area contributed by atoms with Crippen molar-refractivity contribution in [3.05, 3.63) is 157 Å². The maximum Gasteiger partial charge on any atom is 0.164 e. The van der Waals surface area contributed by atoms with Crippen LogP contribution >= 0.6 is 0 Å². The van der Waals surface area contributed by atoms with Crippen molar-refractivity contribution in [2.24, 2.45) is 17.8 Å². The van der Waals surface area contributed by atoms with E-state index in [0.29, 0.717) is 40.4 Å². The quantitative estimate of drug-likeness (QED) is 0.163. The highest BCUT2D eigenvalue weighted by Gasteiger charge is 2.51. The summed E-state index contributed by atoms with van der Waals surface area (Å²) in [7, 11) is 0. The molecule has 4 saturated carbocycles. The van der Waals surface area contributed by atoms with Crippen LogP contribution in [-0.4, -0.2) is 29.9 Å². The second-order valence-corrected chi connectivity index (χ2v) is 16.3. The first kappa shape index (κ1) is 33.0. The van der Waals surface area contributed by atoms with E-state index in [9.17, 15) is 0 Å². The molecule has 0 N–H and O–H groups in total. The summed E-state index contributed by atoms with van der Waals surface area (Å²) in [4.78, 5) is 30.0. The zero-order valence-electron chi connectivity index (χ0n) is 31.1. The van der Waals surface area contributed by atoms with E-state index in [4.69, 9.17) is 29.9 Å². The molecule has 0 atom stereocenters. The molecule has 6 heteroatoms. The lowest BCUT2D eigenvalue weighted by molar-refractivity contribution is -0.00518. The highest BCUT2D eigenvalue weighted by molar-refractivity contribution is 5.90. The van der Waals surface area contributed by atoms with Crippen LogP contribution in [0.1, 0.15) is 44.1 Å². The fourth-order valence-electron chi connectivity index (χ4n) is 10.2. The molecule has 4 aliphatic rings. The van der Waals surface area contributed by atoms with Gasteiger partial charge in [0.1, 0.15) is 0 Å². The van der Waals surface area contributed by atoms with E-state index < -0.39 is 0 Å². The van der Waals surface area contributed by atoms with Crippen LogP contribution in [0.15, 0.2) is 152 Å². The summed E-state index contributed by atoms with van der Waals surface area (Å²) in [6.45, 7) is 0. The molecule has 0 amide bonds. The lowest BCUT2D eigenvalue weighted by Crippen LogP contribution is -2.48. The van der Waals surface area contributed by atoms with E-state index in [1.165, 1.54) is 44.1 Å². The van der Waals surface area contributed by atoms with Crippen LogP contribution in [0.2, 0.25) is 0 Å². The Morgan fingerprint density at radius 1 is 0.321 bits per heavy atom. The number of hydrogen-bond donors (Lipinski definition) is 0. The van der Waals surface area contributed by atoms with E-state index in [1.54, 1.807) is 0 Å². The molecule has 4 bridgehead atoms. The van der Waals surface area contributed by atoms with Crippen LogP contribution in [0.5, 0.6) is 0 Å². The first-order chi connectivity index (χ1) is 27.6. The molecule has 2 aromatic heterocycles. The fourth-order valence-corrected chi connectivity index (χ4v) is 10.2. The minimum atomic E-state index is 0.357. The first-order valence-electron chi connectivity index (χ1n) is 19.9. The third kappa shape index (κ3) is 6.06. The van der Waals surface area contributed by atoms with Crippen LogP contribution in [-0.2, 0) is 5.41 Å². The molecule has 6 aromatic carbocycles. The van der Waals surface area contributed by atoms with Gasteiger partial charge in [0, 0.05) is 33.4 Å². The molecular formula is C50H40N6. The summed E-state index contributed by atoms with van der Waals surface area (Å²) in [6, 6.07) is 52.4. The van der Waals surface area contributed by atoms with Crippen LogP contribution in [0, 0.1) is 17.8 Å². The number of nitrogens with zero attached hydrogens (tertiary/aromatic N) is 6. The average molecular weight is 725 g/mol. The molecule has 2 heterocycles. The Hall–Kier alpha value is -6.40. The van der Waals surface area contributed by atoms with Gasteiger partial charge in [0.2, 0.25) is 0 Å². The van der Waals surface area contributed by atoms with E-state index in [2.05, 4.69) is 72.8 Å². The van der Waals surface area contributed by atoms with Crippen molar-refractivity contribution in [3.63, 3.8) is 0 Å². The van der Waals surface area contributed by atoms with Crippen LogP contribution in [0.25, 0.3) is 79.1 Å². The van der Waals surface area contributed by atoms with Crippen molar-refractivity contribution in [1.29, 1.82) is 0 Å². The second-order valence-electron chi connectivity index (χ2n) is 16.3. The summed E-state index contributed by atoms with van der Waals surface area (Å²) in [6.07, 6.45) is 8.42. The average Bonchev–Trinajstić information content (AvgIpc) is 3.26. The van der Waals surface area contributed by atoms with Crippen LogP contribution < -0.4 is 0 Å². The monoisotopic (exact) mass is 724 g/mol. The highest BCUT2D eigenvalue weighted by Crippen LogP contribution is 2.60. The maximum absolute atomic E-state index is 5.12. The molecule has 8 aromatic rings. The van der Waals surface area contributed by atoms with E-state index in [0.717, 1.165) is 61.9 Å². The lowest BCUT2D eigenvalue weighted by Gasteiger charge is -2.57. The van der Waals surface area contributed by atoms with Gasteiger partial charge in [0.15, 0.2) is 34.9 Å². The van der Waals surface area contributed by atoms with Crippen LogP contribution in [0.3, 0.4) is 0 Å². The summed E-state index contributed by atoms with van der Waals surface area (Å²) in [5.74, 6) is 6.69. The van der Waals surface area contributed by atoms with Gasteiger partial charge >= 0.3 is 0 Å². The maximum atomic E-state index is 5.12. The molecule has 0 unspecified atom stereocenters. The standard InChI is InChI=1S/C50H40N6/c1-4-10-35(11-5-1)44-51-45(36-12-6-2-7-13-36)54-48(53-44)41-18-16-40-28-42(19-17-39(40)27-41)49-55-46(37-14-8-3-9-15-37)52-47(56-49)38-20-22-43(23-21-38)50-29-32-24-33(30-50)26-34(25-32)31-50/h1-23,27-28,32-34H,24-26,29-31H2. The smallest absolute Gasteiger partial charge is 0.164 e. The van der Waals surface area contributed by atoms with Gasteiger partial charge in [0.25, 0.3) is 0 Å². The zero-order valence-corrected chi connectivity index (χ0v) is 31.1.